The zero-order valence-corrected chi connectivity index (χ0v) is 17.1. The molecule has 0 radical (unpaired) electrons. The maximum atomic E-state index is 12.6. The molecule has 1 aromatic heterocycles. The number of benzene rings is 2. The van der Waals surface area contributed by atoms with Crippen molar-refractivity contribution in [2.45, 2.75) is 20.4 Å². The van der Waals surface area contributed by atoms with E-state index in [1.54, 1.807) is 4.90 Å². The summed E-state index contributed by atoms with van der Waals surface area (Å²) in [6.07, 6.45) is 0. The van der Waals surface area contributed by atoms with Crippen LogP contribution in [0.3, 0.4) is 0 Å². The largest absolute Gasteiger partial charge is 0.383 e. The Morgan fingerprint density at radius 3 is 2.41 bits per heavy atom. The zero-order valence-electron chi connectivity index (χ0n) is 16.3. The van der Waals surface area contributed by atoms with Crippen LogP contribution in [0.4, 0.5) is 17.2 Å². The number of nitrogens with zero attached hydrogens (tertiary/aromatic N) is 2. The Labute approximate surface area is 173 Å². The van der Waals surface area contributed by atoms with Gasteiger partial charge >= 0.3 is 5.69 Å². The van der Waals surface area contributed by atoms with Crippen molar-refractivity contribution >= 4 is 34.5 Å². The highest BCUT2D eigenvalue weighted by atomic mass is 32.1. The number of nitrogens with one attached hydrogen (secondary N) is 2. The molecule has 0 saturated heterocycles. The van der Waals surface area contributed by atoms with Crippen LogP contribution in [0.5, 0.6) is 0 Å². The molecule has 0 aliphatic heterocycles. The van der Waals surface area contributed by atoms with Crippen LogP contribution in [0.2, 0.25) is 0 Å². The van der Waals surface area contributed by atoms with Gasteiger partial charge in [-0.05, 0) is 43.8 Å². The van der Waals surface area contributed by atoms with E-state index in [-0.39, 0.29) is 18.1 Å². The van der Waals surface area contributed by atoms with Crippen LogP contribution in [-0.4, -0.2) is 21.2 Å². The van der Waals surface area contributed by atoms with Crippen LogP contribution in [0.25, 0.3) is 0 Å². The fourth-order valence-electron chi connectivity index (χ4n) is 2.99. The first-order valence-electron chi connectivity index (χ1n) is 9.22. The first-order chi connectivity index (χ1) is 13.9. The Morgan fingerprint density at radius 2 is 1.79 bits per heavy atom. The Morgan fingerprint density at radius 1 is 1.14 bits per heavy atom. The molecule has 3 aromatic rings. The maximum Gasteiger partial charge on any atom is 0.330 e. The standard InChI is InChI=1S/C21H23N5O2S/c1-3-25(21(29)23-16-11-9-14(2)10-12-16)17-18(22)26(20(28)24-19(17)27)13-15-7-5-4-6-8-15/h4-12H,3,13,22H2,1-2H3,(H,23,29)(H,24,27,28). The van der Waals surface area contributed by atoms with Gasteiger partial charge in [-0.1, -0.05) is 48.0 Å². The smallest absolute Gasteiger partial charge is 0.330 e. The van der Waals surface area contributed by atoms with Crippen molar-refractivity contribution in [3.05, 3.63) is 86.6 Å². The molecule has 3 rings (SSSR count). The molecule has 0 spiro atoms. The van der Waals surface area contributed by atoms with Crippen LogP contribution in [-0.2, 0) is 6.54 Å². The molecule has 0 amide bonds. The number of aromatic amines is 1. The van der Waals surface area contributed by atoms with E-state index in [0.29, 0.717) is 11.7 Å². The second-order valence-corrected chi connectivity index (χ2v) is 6.99. The van der Waals surface area contributed by atoms with Gasteiger partial charge in [-0.15, -0.1) is 0 Å². The van der Waals surface area contributed by atoms with E-state index >= 15 is 0 Å². The number of nitrogens with two attached hydrogens (primary N) is 1. The summed E-state index contributed by atoms with van der Waals surface area (Å²) in [5, 5.41) is 3.44. The topological polar surface area (TPSA) is 96.2 Å². The third kappa shape index (κ3) is 4.55. The molecule has 0 bridgehead atoms. The third-order valence-electron chi connectivity index (χ3n) is 4.53. The van der Waals surface area contributed by atoms with E-state index in [2.05, 4.69) is 10.3 Å². The van der Waals surface area contributed by atoms with Gasteiger partial charge in [0.05, 0.1) is 6.54 Å². The van der Waals surface area contributed by atoms with Crippen LogP contribution in [0.15, 0.2) is 64.2 Å². The highest BCUT2D eigenvalue weighted by Gasteiger charge is 2.21. The van der Waals surface area contributed by atoms with Crippen LogP contribution in [0.1, 0.15) is 18.1 Å². The predicted octanol–water partition coefficient (Wildman–Crippen LogP) is 2.70. The lowest BCUT2D eigenvalue weighted by Gasteiger charge is -2.26. The van der Waals surface area contributed by atoms with Crippen molar-refractivity contribution < 1.29 is 0 Å². The number of hydrogen-bond acceptors (Lipinski definition) is 4. The molecular formula is C21H23N5O2S. The number of nitrogen functional groups attached to an aromatic ring is 1. The molecule has 0 fully saturated rings. The third-order valence-corrected chi connectivity index (χ3v) is 4.85. The first-order valence-corrected chi connectivity index (χ1v) is 9.63. The van der Waals surface area contributed by atoms with Gasteiger partial charge in [0.1, 0.15) is 5.82 Å². The average Bonchev–Trinajstić information content (AvgIpc) is 2.70. The molecule has 29 heavy (non-hydrogen) atoms. The number of rotatable bonds is 5. The summed E-state index contributed by atoms with van der Waals surface area (Å²) in [6, 6.07) is 17.1. The minimum absolute atomic E-state index is 0.0671. The minimum Gasteiger partial charge on any atom is -0.383 e. The van der Waals surface area contributed by atoms with E-state index in [1.807, 2.05) is 68.4 Å². The highest BCUT2D eigenvalue weighted by molar-refractivity contribution is 7.80. The predicted molar refractivity (Wildman–Crippen MR) is 122 cm³/mol. The van der Waals surface area contributed by atoms with Crippen molar-refractivity contribution in [2.75, 3.05) is 22.5 Å². The number of aryl methyl sites for hydroxylation is 1. The molecular weight excluding hydrogens is 386 g/mol. The summed E-state index contributed by atoms with van der Waals surface area (Å²) < 4.78 is 1.34. The van der Waals surface area contributed by atoms with Crippen molar-refractivity contribution in [1.82, 2.24) is 9.55 Å². The van der Waals surface area contributed by atoms with E-state index in [4.69, 9.17) is 18.0 Å². The van der Waals surface area contributed by atoms with Gasteiger partial charge in [-0.2, -0.15) is 0 Å². The van der Waals surface area contributed by atoms with Gasteiger partial charge in [-0.25, -0.2) is 4.79 Å². The molecule has 0 unspecified atom stereocenters. The molecule has 150 valence electrons. The number of thiocarbonyl (C=S) groups is 1. The summed E-state index contributed by atoms with van der Waals surface area (Å²) in [7, 11) is 0. The van der Waals surface area contributed by atoms with Crippen molar-refractivity contribution in [1.29, 1.82) is 0 Å². The summed E-state index contributed by atoms with van der Waals surface area (Å²) in [4.78, 5) is 28.9. The average molecular weight is 410 g/mol. The van der Waals surface area contributed by atoms with Crippen LogP contribution >= 0.6 is 12.2 Å². The molecule has 1 heterocycles. The molecule has 0 aliphatic carbocycles. The maximum absolute atomic E-state index is 12.6. The number of anilines is 3. The quantitative estimate of drug-likeness (QED) is 0.561. The number of H-pyrrole nitrogens is 1. The van der Waals surface area contributed by atoms with Gasteiger partial charge in [0, 0.05) is 12.2 Å². The lowest BCUT2D eigenvalue weighted by Crippen LogP contribution is -2.42. The van der Waals surface area contributed by atoms with Crippen molar-refractivity contribution in [2.24, 2.45) is 0 Å². The lowest BCUT2D eigenvalue weighted by atomic mass is 10.2. The molecule has 4 N–H and O–H groups in total. The summed E-state index contributed by atoms with van der Waals surface area (Å²) in [5.41, 5.74) is 8.10. The second-order valence-electron chi connectivity index (χ2n) is 6.61. The van der Waals surface area contributed by atoms with Crippen molar-refractivity contribution in [3.63, 3.8) is 0 Å². The lowest BCUT2D eigenvalue weighted by molar-refractivity contribution is 0.730. The van der Waals surface area contributed by atoms with Gasteiger partial charge in [0.25, 0.3) is 5.56 Å². The Kier molecular flexibility index (Phi) is 6.13. The Balaban J connectivity index is 1.97. The Bertz CT molecular complexity index is 1120. The Hall–Kier alpha value is -3.39. The van der Waals surface area contributed by atoms with E-state index in [9.17, 15) is 9.59 Å². The SMILES string of the molecule is CCN(C(=S)Nc1ccc(C)cc1)c1c(N)n(Cc2ccccc2)c(=O)[nH]c1=O. The van der Waals surface area contributed by atoms with Crippen LogP contribution < -0.4 is 27.2 Å². The minimum atomic E-state index is -0.577. The first kappa shape index (κ1) is 20.3. The second kappa shape index (κ2) is 8.74. The van der Waals surface area contributed by atoms with Crippen LogP contribution in [0, 0.1) is 6.92 Å². The molecule has 0 aliphatic rings. The van der Waals surface area contributed by atoms with Crippen molar-refractivity contribution in [3.8, 4) is 0 Å². The summed E-state index contributed by atoms with van der Waals surface area (Å²) in [6.45, 7) is 4.49. The zero-order chi connectivity index (χ0) is 21.0. The fourth-order valence-corrected chi connectivity index (χ4v) is 3.33. The van der Waals surface area contributed by atoms with E-state index in [1.165, 1.54) is 4.57 Å². The summed E-state index contributed by atoms with van der Waals surface area (Å²) in [5.74, 6) is 0.0671. The highest BCUT2D eigenvalue weighted by Crippen LogP contribution is 2.19. The van der Waals surface area contributed by atoms with E-state index < -0.39 is 11.2 Å². The molecule has 8 heteroatoms. The van der Waals surface area contributed by atoms with Gasteiger partial charge in [0.15, 0.2) is 10.8 Å². The van der Waals surface area contributed by atoms with Gasteiger partial charge in [0.2, 0.25) is 0 Å². The fraction of sp³-hybridized carbons (Fsp3) is 0.190. The van der Waals surface area contributed by atoms with Gasteiger partial charge < -0.3 is 16.0 Å². The number of aromatic nitrogens is 2. The van der Waals surface area contributed by atoms with E-state index in [0.717, 1.165) is 16.8 Å². The van der Waals surface area contributed by atoms with Gasteiger partial charge in [-0.3, -0.25) is 14.3 Å². The molecule has 0 saturated carbocycles. The molecule has 2 aromatic carbocycles. The monoisotopic (exact) mass is 409 g/mol. The normalized spacial score (nSPS) is 10.6. The molecule has 7 nitrogen and oxygen atoms in total. The summed E-state index contributed by atoms with van der Waals surface area (Å²) >= 11 is 5.52. The molecule has 0 atom stereocenters. The number of hydrogen-bond donors (Lipinski definition) is 3.